The van der Waals surface area contributed by atoms with E-state index in [0.717, 1.165) is 24.8 Å². The maximum absolute atomic E-state index is 12.3. The zero-order valence-electron chi connectivity index (χ0n) is 19.0. The van der Waals surface area contributed by atoms with Crippen molar-refractivity contribution in [3.8, 4) is 0 Å². The molecule has 0 radical (unpaired) electrons. The number of nitroso groups, excluding NO2 is 1. The molecule has 2 heterocycles. The Morgan fingerprint density at radius 1 is 1.26 bits per heavy atom. The van der Waals surface area contributed by atoms with Crippen molar-refractivity contribution < 1.29 is 14.3 Å². The van der Waals surface area contributed by atoms with Crippen LogP contribution in [0.25, 0.3) is 0 Å². The molecule has 1 unspecified atom stereocenters. The van der Waals surface area contributed by atoms with Gasteiger partial charge in [0.2, 0.25) is 5.79 Å². The Labute approximate surface area is 189 Å². The number of hydrogen-bond acceptors (Lipinski definition) is 5. The van der Waals surface area contributed by atoms with Crippen LogP contribution in [0.5, 0.6) is 0 Å². The minimum atomic E-state index is -1.13. The van der Waals surface area contributed by atoms with Crippen LogP contribution in [-0.4, -0.2) is 29.3 Å². The van der Waals surface area contributed by atoms with Gasteiger partial charge < -0.3 is 9.47 Å². The van der Waals surface area contributed by atoms with E-state index in [-0.39, 0.29) is 24.2 Å². The van der Waals surface area contributed by atoms with Gasteiger partial charge in [-0.3, -0.25) is 4.79 Å². The minimum Gasteiger partial charge on any atom is -0.335 e. The second-order valence-corrected chi connectivity index (χ2v) is 9.57. The Bertz CT molecular complexity index is 893. The van der Waals surface area contributed by atoms with Crippen LogP contribution in [0.3, 0.4) is 0 Å². The highest BCUT2D eigenvalue weighted by atomic mass is 35.5. The summed E-state index contributed by atoms with van der Waals surface area (Å²) >= 11 is 6.26. The summed E-state index contributed by atoms with van der Waals surface area (Å²) in [6.45, 7) is 10.2. The van der Waals surface area contributed by atoms with Gasteiger partial charge in [-0.05, 0) is 88.4 Å². The number of allylic oxidation sites excluding steroid dienone is 4. The number of ketones is 1. The van der Waals surface area contributed by atoms with Crippen LogP contribution >= 0.6 is 11.6 Å². The molecule has 31 heavy (non-hydrogen) atoms. The van der Waals surface area contributed by atoms with E-state index >= 15 is 0 Å². The summed E-state index contributed by atoms with van der Waals surface area (Å²) in [5.74, 6) is -1.40. The molecule has 0 aromatic rings. The number of fused-ring (bicyclic) bond motifs is 1. The third kappa shape index (κ3) is 5.71. The smallest absolute Gasteiger partial charge is 0.209 e. The van der Waals surface area contributed by atoms with Crippen LogP contribution in [0.15, 0.2) is 63.4 Å². The summed E-state index contributed by atoms with van der Waals surface area (Å²) in [5.41, 5.74) is 3.90. The summed E-state index contributed by atoms with van der Waals surface area (Å²) in [4.78, 5) is 23.6. The van der Waals surface area contributed by atoms with E-state index in [0.29, 0.717) is 11.1 Å². The Balaban J connectivity index is 1.91. The number of ether oxygens (including phenoxy) is 2. The first-order valence-corrected chi connectivity index (χ1v) is 11.3. The molecule has 3 rings (SSSR count). The number of alkyl halides is 1. The third-order valence-corrected chi connectivity index (χ3v) is 6.34. The lowest BCUT2D eigenvalue weighted by atomic mass is 9.78. The fraction of sp³-hybridized carbons (Fsp3) is 0.560. The maximum Gasteiger partial charge on any atom is 0.209 e. The molecule has 0 aromatic heterocycles. The van der Waals surface area contributed by atoms with Crippen molar-refractivity contribution in [2.45, 2.75) is 83.8 Å². The molecule has 3 aliphatic rings. The number of halogens is 1. The molecule has 0 amide bonds. The SMILES string of the molecule is CC(C)=CCCC(C)=C[C@@H]1CC(C)=C[C@]2(C=C(C(Cl)N=O)[C@H]3CC(=O)C(C)=C[C@H]3O2)O1. The van der Waals surface area contributed by atoms with Gasteiger partial charge in [0, 0.05) is 12.3 Å². The highest BCUT2D eigenvalue weighted by Gasteiger charge is 2.47. The Kier molecular flexibility index (Phi) is 7.51. The summed E-state index contributed by atoms with van der Waals surface area (Å²) in [6.07, 6.45) is 12.3. The molecule has 0 saturated carbocycles. The monoisotopic (exact) mass is 445 g/mol. The quantitative estimate of drug-likeness (QED) is 0.208. The van der Waals surface area contributed by atoms with Crippen LogP contribution < -0.4 is 0 Å². The van der Waals surface area contributed by atoms with Gasteiger partial charge in [-0.1, -0.05) is 40.5 Å². The van der Waals surface area contributed by atoms with Gasteiger partial charge in [0.1, 0.15) is 0 Å². The molecule has 0 N–H and O–H groups in total. The minimum absolute atomic E-state index is 0.0329. The highest BCUT2D eigenvalue weighted by molar-refractivity contribution is 6.22. The number of nitrogens with zero attached hydrogens (tertiary/aromatic N) is 1. The fourth-order valence-electron chi connectivity index (χ4n) is 4.50. The lowest BCUT2D eigenvalue weighted by molar-refractivity contribution is -0.224. The van der Waals surface area contributed by atoms with Crippen LogP contribution in [0.1, 0.15) is 60.3 Å². The number of rotatable bonds is 6. The van der Waals surface area contributed by atoms with Crippen LogP contribution in [0.2, 0.25) is 0 Å². The number of carbonyl (C=O) groups excluding carboxylic acids is 1. The third-order valence-electron chi connectivity index (χ3n) is 6.01. The van der Waals surface area contributed by atoms with E-state index in [9.17, 15) is 9.70 Å². The Hall–Kier alpha value is -1.82. The van der Waals surface area contributed by atoms with Gasteiger partial charge in [-0.2, -0.15) is 0 Å². The van der Waals surface area contributed by atoms with Crippen molar-refractivity contribution in [3.05, 3.63) is 63.2 Å². The van der Waals surface area contributed by atoms with Crippen LogP contribution in [0, 0.1) is 10.8 Å². The summed E-state index contributed by atoms with van der Waals surface area (Å²) in [5, 5.41) is 3.03. The van der Waals surface area contributed by atoms with Crippen molar-refractivity contribution in [1.29, 1.82) is 0 Å². The highest BCUT2D eigenvalue weighted by Crippen LogP contribution is 2.44. The van der Waals surface area contributed by atoms with Crippen molar-refractivity contribution in [2.24, 2.45) is 11.1 Å². The van der Waals surface area contributed by atoms with E-state index < -0.39 is 17.4 Å². The van der Waals surface area contributed by atoms with Gasteiger partial charge in [0.05, 0.1) is 12.2 Å². The fourth-order valence-corrected chi connectivity index (χ4v) is 4.72. The molecule has 5 atom stereocenters. The second kappa shape index (κ2) is 9.76. The molecule has 0 aromatic carbocycles. The first kappa shape index (κ1) is 23.8. The Morgan fingerprint density at radius 3 is 2.68 bits per heavy atom. The van der Waals surface area contributed by atoms with Gasteiger partial charge in [0.15, 0.2) is 11.3 Å². The average Bonchev–Trinajstić information content (AvgIpc) is 2.67. The van der Waals surface area contributed by atoms with Crippen molar-refractivity contribution >= 4 is 17.4 Å². The van der Waals surface area contributed by atoms with Crippen LogP contribution in [-0.2, 0) is 14.3 Å². The van der Waals surface area contributed by atoms with Gasteiger partial charge in [-0.25, -0.2) is 0 Å². The maximum atomic E-state index is 12.3. The van der Waals surface area contributed by atoms with E-state index in [1.165, 1.54) is 11.1 Å². The van der Waals surface area contributed by atoms with Crippen molar-refractivity contribution in [2.75, 3.05) is 0 Å². The zero-order chi connectivity index (χ0) is 22.8. The van der Waals surface area contributed by atoms with Crippen molar-refractivity contribution in [1.82, 2.24) is 0 Å². The number of carbonyl (C=O) groups is 1. The molecular formula is C25H32ClNO4. The molecule has 1 aliphatic carbocycles. The number of hydrogen-bond donors (Lipinski definition) is 0. The summed E-state index contributed by atoms with van der Waals surface area (Å²) in [6, 6.07) is 0. The van der Waals surface area contributed by atoms with E-state index in [2.05, 4.69) is 38.1 Å². The van der Waals surface area contributed by atoms with Crippen molar-refractivity contribution in [3.63, 3.8) is 0 Å². The lowest BCUT2D eigenvalue weighted by Gasteiger charge is -2.45. The zero-order valence-corrected chi connectivity index (χ0v) is 19.7. The summed E-state index contributed by atoms with van der Waals surface area (Å²) < 4.78 is 12.8. The normalized spacial score (nSPS) is 31.9. The number of Topliss-reactive ketones (excluding diaryl/α,β-unsaturated/α-hetero) is 1. The molecule has 0 bridgehead atoms. The van der Waals surface area contributed by atoms with Gasteiger partial charge in [0.25, 0.3) is 0 Å². The van der Waals surface area contributed by atoms with E-state index in [4.69, 9.17) is 21.1 Å². The molecular weight excluding hydrogens is 414 g/mol. The van der Waals surface area contributed by atoms with E-state index in [1.807, 2.05) is 19.1 Å². The topological polar surface area (TPSA) is 65.0 Å². The molecule has 2 aliphatic heterocycles. The largest absolute Gasteiger partial charge is 0.335 e. The lowest BCUT2D eigenvalue weighted by Crippen LogP contribution is -2.49. The van der Waals surface area contributed by atoms with E-state index in [1.54, 1.807) is 13.0 Å². The molecule has 0 saturated heterocycles. The molecule has 6 heteroatoms. The first-order chi connectivity index (χ1) is 14.6. The van der Waals surface area contributed by atoms with Gasteiger partial charge >= 0.3 is 0 Å². The second-order valence-electron chi connectivity index (χ2n) is 9.16. The predicted molar refractivity (Wildman–Crippen MR) is 124 cm³/mol. The standard InChI is InChI=1S/C25H32ClNO4/c1-15(2)7-6-8-16(3)9-19-10-17(4)13-25(30-19)14-21(24(26)27-29)20-12-22(28)18(5)11-23(20)31-25/h7,9,11,13-14,19-20,23-24H,6,8,10,12H2,1-5H3/t19-,20-,23-,24?,25+/m1/s1. The summed E-state index contributed by atoms with van der Waals surface area (Å²) in [7, 11) is 0. The molecule has 0 fully saturated rings. The molecule has 5 nitrogen and oxygen atoms in total. The Morgan fingerprint density at radius 2 is 2.00 bits per heavy atom. The molecule has 168 valence electrons. The predicted octanol–water partition coefficient (Wildman–Crippen LogP) is 6.30. The van der Waals surface area contributed by atoms with Gasteiger partial charge in [-0.15, -0.1) is 4.91 Å². The van der Waals surface area contributed by atoms with Crippen LogP contribution in [0.4, 0.5) is 0 Å². The molecule has 1 spiro atoms. The first-order valence-electron chi connectivity index (χ1n) is 10.9. The average molecular weight is 446 g/mol.